The number of halogens is 4. The Morgan fingerprint density at radius 1 is 1.42 bits per heavy atom. The van der Waals surface area contributed by atoms with Crippen molar-refractivity contribution in [1.82, 2.24) is 15.5 Å². The van der Waals surface area contributed by atoms with Crippen LogP contribution in [0.15, 0.2) is 22.7 Å². The third-order valence-corrected chi connectivity index (χ3v) is 2.93. The van der Waals surface area contributed by atoms with Crippen molar-refractivity contribution in [2.24, 2.45) is 0 Å². The van der Waals surface area contributed by atoms with E-state index in [2.05, 4.69) is 20.0 Å². The Labute approximate surface area is 133 Å². The Morgan fingerprint density at radius 2 is 2.12 bits per heavy atom. The van der Waals surface area contributed by atoms with Gasteiger partial charge in [-0.2, -0.15) is 18.2 Å². The van der Waals surface area contributed by atoms with Crippen molar-refractivity contribution in [3.8, 4) is 11.4 Å². The summed E-state index contributed by atoms with van der Waals surface area (Å²) in [5.41, 5.74) is -0.311. The minimum absolute atomic E-state index is 0.0479. The van der Waals surface area contributed by atoms with Gasteiger partial charge in [0.15, 0.2) is 0 Å². The molecule has 130 valence electrons. The van der Waals surface area contributed by atoms with Gasteiger partial charge in [-0.3, -0.25) is 4.79 Å². The van der Waals surface area contributed by atoms with Crippen LogP contribution < -0.4 is 5.32 Å². The number of ether oxygens (including phenoxy) is 1. The van der Waals surface area contributed by atoms with Gasteiger partial charge in [-0.05, 0) is 19.1 Å². The molecule has 1 aromatic heterocycles. The van der Waals surface area contributed by atoms with Crippen LogP contribution >= 0.6 is 0 Å². The van der Waals surface area contributed by atoms with Crippen LogP contribution in [0.1, 0.15) is 23.2 Å². The Morgan fingerprint density at radius 3 is 2.67 bits per heavy atom. The largest absolute Gasteiger partial charge is 0.471 e. The van der Waals surface area contributed by atoms with Crippen molar-refractivity contribution in [2.75, 3.05) is 13.7 Å². The first kappa shape index (κ1) is 17.9. The van der Waals surface area contributed by atoms with Crippen LogP contribution in [0.4, 0.5) is 17.6 Å². The quantitative estimate of drug-likeness (QED) is 0.842. The average molecular weight is 347 g/mol. The highest BCUT2D eigenvalue weighted by Gasteiger charge is 2.38. The van der Waals surface area contributed by atoms with E-state index in [0.29, 0.717) is 0 Å². The maximum absolute atomic E-state index is 14.1. The van der Waals surface area contributed by atoms with Gasteiger partial charge in [0.25, 0.3) is 5.91 Å². The molecule has 10 heteroatoms. The van der Waals surface area contributed by atoms with E-state index in [4.69, 9.17) is 4.74 Å². The van der Waals surface area contributed by atoms with E-state index >= 15 is 0 Å². The first-order chi connectivity index (χ1) is 11.2. The van der Waals surface area contributed by atoms with E-state index < -0.39 is 29.6 Å². The highest BCUT2D eigenvalue weighted by molar-refractivity contribution is 5.95. The summed E-state index contributed by atoms with van der Waals surface area (Å²) in [7, 11) is 1.46. The number of benzene rings is 1. The number of methoxy groups -OCH3 is 1. The Balaban J connectivity index is 2.20. The van der Waals surface area contributed by atoms with Gasteiger partial charge in [0, 0.05) is 18.7 Å². The molecular formula is C14H13F4N3O3. The number of aromatic nitrogens is 2. The van der Waals surface area contributed by atoms with Crippen molar-refractivity contribution in [3.63, 3.8) is 0 Å². The minimum atomic E-state index is -4.79. The van der Waals surface area contributed by atoms with E-state index in [1.165, 1.54) is 13.2 Å². The van der Waals surface area contributed by atoms with Crippen molar-refractivity contribution < 1.29 is 31.6 Å². The number of nitrogens with one attached hydrogen (secondary N) is 1. The van der Waals surface area contributed by atoms with Crippen molar-refractivity contribution in [1.29, 1.82) is 0 Å². The molecule has 0 aliphatic heterocycles. The number of nitrogens with zero attached hydrogens (tertiary/aromatic N) is 2. The maximum Gasteiger partial charge on any atom is 0.471 e. The van der Waals surface area contributed by atoms with Crippen molar-refractivity contribution in [2.45, 2.75) is 19.1 Å². The summed E-state index contributed by atoms with van der Waals surface area (Å²) in [6, 6.07) is 2.88. The molecule has 2 rings (SSSR count). The fourth-order valence-electron chi connectivity index (χ4n) is 1.89. The van der Waals surface area contributed by atoms with Gasteiger partial charge in [0.2, 0.25) is 5.82 Å². The third-order valence-electron chi connectivity index (χ3n) is 2.93. The van der Waals surface area contributed by atoms with Crippen LogP contribution in [0.25, 0.3) is 11.4 Å². The van der Waals surface area contributed by atoms with Gasteiger partial charge in [-0.25, -0.2) is 4.39 Å². The summed E-state index contributed by atoms with van der Waals surface area (Å²) in [4.78, 5) is 15.1. The van der Waals surface area contributed by atoms with E-state index in [-0.39, 0.29) is 23.8 Å². The SMILES string of the molecule is COCC(C)NC(=O)c1ccc(-c2noc(C(F)(F)F)n2)cc1F. The molecule has 1 unspecified atom stereocenters. The lowest BCUT2D eigenvalue weighted by atomic mass is 10.1. The second-order valence-corrected chi connectivity index (χ2v) is 4.95. The monoisotopic (exact) mass is 347 g/mol. The number of amides is 1. The van der Waals surface area contributed by atoms with Gasteiger partial charge < -0.3 is 14.6 Å². The molecule has 0 saturated heterocycles. The van der Waals surface area contributed by atoms with E-state index in [9.17, 15) is 22.4 Å². The molecule has 1 atom stereocenters. The summed E-state index contributed by atoms with van der Waals surface area (Å²) in [6.07, 6.45) is -4.79. The number of carbonyl (C=O) groups excluding carboxylic acids is 1. The predicted molar refractivity (Wildman–Crippen MR) is 73.5 cm³/mol. The highest BCUT2D eigenvalue weighted by Crippen LogP contribution is 2.29. The first-order valence-electron chi connectivity index (χ1n) is 6.73. The van der Waals surface area contributed by atoms with Gasteiger partial charge in [-0.15, -0.1) is 0 Å². The molecule has 1 N–H and O–H groups in total. The van der Waals surface area contributed by atoms with Crippen LogP contribution in [0.3, 0.4) is 0 Å². The lowest BCUT2D eigenvalue weighted by Crippen LogP contribution is -2.36. The van der Waals surface area contributed by atoms with Crippen molar-refractivity contribution in [3.05, 3.63) is 35.5 Å². The van der Waals surface area contributed by atoms with E-state index in [1.54, 1.807) is 6.92 Å². The Bertz CT molecular complexity index is 730. The topological polar surface area (TPSA) is 77.2 Å². The molecule has 0 aliphatic rings. The second kappa shape index (κ2) is 6.95. The lowest BCUT2D eigenvalue weighted by Gasteiger charge is -2.13. The molecule has 1 amide bonds. The number of alkyl halides is 3. The zero-order chi connectivity index (χ0) is 17.9. The number of rotatable bonds is 5. The molecule has 24 heavy (non-hydrogen) atoms. The smallest absolute Gasteiger partial charge is 0.383 e. The van der Waals surface area contributed by atoms with Crippen LogP contribution in [-0.4, -0.2) is 35.8 Å². The summed E-state index contributed by atoms with van der Waals surface area (Å²) in [6.45, 7) is 1.92. The predicted octanol–water partition coefficient (Wildman–Crippen LogP) is 2.66. The van der Waals surface area contributed by atoms with Crippen LogP contribution in [0.2, 0.25) is 0 Å². The second-order valence-electron chi connectivity index (χ2n) is 4.95. The minimum Gasteiger partial charge on any atom is -0.383 e. The molecule has 0 saturated carbocycles. The number of hydrogen-bond acceptors (Lipinski definition) is 5. The van der Waals surface area contributed by atoms with Gasteiger partial charge in [0.1, 0.15) is 5.82 Å². The number of hydrogen-bond donors (Lipinski definition) is 1. The van der Waals surface area contributed by atoms with Crippen molar-refractivity contribution >= 4 is 5.91 Å². The molecular weight excluding hydrogens is 334 g/mol. The summed E-state index contributed by atoms with van der Waals surface area (Å²) in [5.74, 6) is -3.56. The molecule has 0 fully saturated rings. The maximum atomic E-state index is 14.1. The average Bonchev–Trinajstić information content (AvgIpc) is 2.97. The normalized spacial score (nSPS) is 12.9. The molecule has 1 aromatic carbocycles. The van der Waals surface area contributed by atoms with E-state index in [0.717, 1.165) is 12.1 Å². The first-order valence-corrected chi connectivity index (χ1v) is 6.73. The van der Waals surface area contributed by atoms with E-state index in [1.807, 2.05) is 0 Å². The highest BCUT2D eigenvalue weighted by atomic mass is 19.4. The van der Waals surface area contributed by atoms with Gasteiger partial charge in [-0.1, -0.05) is 11.2 Å². The molecule has 0 spiro atoms. The summed E-state index contributed by atoms with van der Waals surface area (Å²) in [5, 5.41) is 5.67. The van der Waals surface area contributed by atoms with Crippen LogP contribution in [0, 0.1) is 5.82 Å². The zero-order valence-electron chi connectivity index (χ0n) is 12.6. The van der Waals surface area contributed by atoms with Crippen LogP contribution in [0.5, 0.6) is 0 Å². The lowest BCUT2D eigenvalue weighted by molar-refractivity contribution is -0.159. The Hall–Kier alpha value is -2.49. The molecule has 0 aliphatic carbocycles. The Kier molecular flexibility index (Phi) is 5.17. The molecule has 0 bridgehead atoms. The standard InChI is InChI=1S/C14H13F4N3O3/c1-7(6-23-2)19-12(22)9-4-3-8(5-10(9)15)11-20-13(24-21-11)14(16,17)18/h3-5,7H,6H2,1-2H3,(H,19,22). The number of carbonyl (C=O) groups is 1. The van der Waals surface area contributed by atoms with Crippen LogP contribution in [-0.2, 0) is 10.9 Å². The van der Waals surface area contributed by atoms with Gasteiger partial charge in [0.05, 0.1) is 12.2 Å². The van der Waals surface area contributed by atoms with Gasteiger partial charge >= 0.3 is 12.1 Å². The zero-order valence-corrected chi connectivity index (χ0v) is 12.6. The fraction of sp³-hybridized carbons (Fsp3) is 0.357. The third kappa shape index (κ3) is 4.07. The molecule has 2 aromatic rings. The molecule has 1 heterocycles. The summed E-state index contributed by atoms with van der Waals surface area (Å²) < 4.78 is 60.2. The molecule has 6 nitrogen and oxygen atoms in total. The fourth-order valence-corrected chi connectivity index (χ4v) is 1.89. The summed E-state index contributed by atoms with van der Waals surface area (Å²) >= 11 is 0. The molecule has 0 radical (unpaired) electrons.